The average molecular weight is 223 g/mol. The van der Waals surface area contributed by atoms with Crippen LogP contribution in [-0.2, 0) is 17.9 Å². The van der Waals surface area contributed by atoms with Gasteiger partial charge in [0.2, 0.25) is 5.91 Å². The quantitative estimate of drug-likeness (QED) is 0.801. The predicted molar refractivity (Wildman–Crippen MR) is 63.8 cm³/mol. The van der Waals surface area contributed by atoms with E-state index in [4.69, 9.17) is 0 Å². The third-order valence-electron chi connectivity index (χ3n) is 2.83. The molecule has 4 nitrogen and oxygen atoms in total. The Morgan fingerprint density at radius 3 is 2.62 bits per heavy atom. The average Bonchev–Trinajstić information content (AvgIpc) is 2.76. The van der Waals surface area contributed by atoms with Crippen molar-refractivity contribution < 1.29 is 4.79 Å². The fraction of sp³-hybridized carbons (Fsp3) is 0.667. The van der Waals surface area contributed by atoms with E-state index in [9.17, 15) is 4.79 Å². The van der Waals surface area contributed by atoms with Gasteiger partial charge in [-0.3, -0.25) is 9.48 Å². The number of nitrogens with zero attached hydrogens (tertiary/aromatic N) is 2. The first-order chi connectivity index (χ1) is 7.71. The lowest BCUT2D eigenvalue weighted by molar-refractivity contribution is -0.125. The molecule has 0 bridgehead atoms. The van der Waals surface area contributed by atoms with Crippen molar-refractivity contribution in [3.63, 3.8) is 0 Å². The van der Waals surface area contributed by atoms with Crippen LogP contribution in [0.1, 0.15) is 39.2 Å². The summed E-state index contributed by atoms with van der Waals surface area (Å²) >= 11 is 0. The molecule has 0 fully saturated rings. The maximum atomic E-state index is 11.7. The minimum atomic E-state index is 0.140. The van der Waals surface area contributed by atoms with E-state index in [1.807, 2.05) is 31.6 Å². The van der Waals surface area contributed by atoms with Gasteiger partial charge in [-0.15, -0.1) is 0 Å². The summed E-state index contributed by atoms with van der Waals surface area (Å²) in [5.74, 6) is 0.287. The molecule has 0 atom stereocenters. The summed E-state index contributed by atoms with van der Waals surface area (Å²) < 4.78 is 1.86. The van der Waals surface area contributed by atoms with Crippen molar-refractivity contribution in [2.45, 2.75) is 46.7 Å². The molecule has 0 radical (unpaired) electrons. The molecule has 1 heterocycles. The second kappa shape index (κ2) is 6.30. The highest BCUT2D eigenvalue weighted by atomic mass is 16.1. The zero-order chi connectivity index (χ0) is 12.0. The van der Waals surface area contributed by atoms with Gasteiger partial charge in [0.1, 0.15) is 0 Å². The number of carbonyl (C=O) groups excluding carboxylic acids is 1. The highest BCUT2D eigenvalue weighted by Gasteiger charge is 2.13. The monoisotopic (exact) mass is 223 g/mol. The Morgan fingerprint density at radius 2 is 2.12 bits per heavy atom. The number of aryl methyl sites for hydroxylation is 1. The first-order valence-electron chi connectivity index (χ1n) is 6.00. The zero-order valence-electron chi connectivity index (χ0n) is 10.4. The first kappa shape index (κ1) is 12.7. The van der Waals surface area contributed by atoms with E-state index < -0.39 is 0 Å². The first-order valence-corrected chi connectivity index (χ1v) is 6.00. The molecule has 16 heavy (non-hydrogen) atoms. The number of hydrogen-bond acceptors (Lipinski definition) is 2. The van der Waals surface area contributed by atoms with Crippen molar-refractivity contribution in [1.29, 1.82) is 0 Å². The molecule has 0 aliphatic heterocycles. The van der Waals surface area contributed by atoms with Crippen molar-refractivity contribution >= 4 is 5.91 Å². The van der Waals surface area contributed by atoms with Crippen molar-refractivity contribution in [3.8, 4) is 0 Å². The van der Waals surface area contributed by atoms with Crippen LogP contribution in [0.5, 0.6) is 0 Å². The maximum Gasteiger partial charge on any atom is 0.223 e. The lowest BCUT2D eigenvalue weighted by Crippen LogP contribution is -2.29. The molecule has 1 aromatic rings. The number of aromatic nitrogens is 2. The molecule has 1 amide bonds. The fourth-order valence-corrected chi connectivity index (χ4v) is 1.66. The molecule has 0 unspecified atom stereocenters. The Balaban J connectivity index is 2.41. The van der Waals surface area contributed by atoms with E-state index in [0.717, 1.165) is 24.9 Å². The number of amides is 1. The van der Waals surface area contributed by atoms with Crippen LogP contribution in [0, 0.1) is 5.92 Å². The molecule has 0 saturated heterocycles. The van der Waals surface area contributed by atoms with Crippen LogP contribution in [0.25, 0.3) is 0 Å². The summed E-state index contributed by atoms with van der Waals surface area (Å²) in [4.78, 5) is 11.7. The summed E-state index contributed by atoms with van der Waals surface area (Å²) in [6, 6.07) is 0. The largest absolute Gasteiger partial charge is 0.352 e. The molecule has 0 aliphatic rings. The van der Waals surface area contributed by atoms with Gasteiger partial charge in [0.25, 0.3) is 0 Å². The highest BCUT2D eigenvalue weighted by Crippen LogP contribution is 2.07. The van der Waals surface area contributed by atoms with E-state index in [0.29, 0.717) is 6.54 Å². The summed E-state index contributed by atoms with van der Waals surface area (Å²) in [5.41, 5.74) is 1.06. The van der Waals surface area contributed by atoms with Gasteiger partial charge in [0, 0.05) is 30.8 Å². The van der Waals surface area contributed by atoms with E-state index in [1.54, 1.807) is 6.20 Å². The molecule has 90 valence electrons. The van der Waals surface area contributed by atoms with E-state index in [-0.39, 0.29) is 11.8 Å². The van der Waals surface area contributed by atoms with Gasteiger partial charge in [-0.2, -0.15) is 5.10 Å². The Bertz CT molecular complexity index is 329. The van der Waals surface area contributed by atoms with Crippen LogP contribution in [0.4, 0.5) is 0 Å². The SMILES string of the molecule is CCC(CC)C(=O)NCc1cnn(CC)c1. The standard InChI is InChI=1S/C12H21N3O/c1-4-11(5-2)12(16)13-7-10-8-14-15(6-3)9-10/h8-9,11H,4-7H2,1-3H3,(H,13,16). The Labute approximate surface area is 97.0 Å². The third kappa shape index (κ3) is 3.36. The van der Waals surface area contributed by atoms with Gasteiger partial charge < -0.3 is 5.32 Å². The molecular formula is C12H21N3O. The van der Waals surface area contributed by atoms with Crippen LogP contribution < -0.4 is 5.32 Å². The fourth-order valence-electron chi connectivity index (χ4n) is 1.66. The summed E-state index contributed by atoms with van der Waals surface area (Å²) in [5, 5.41) is 7.11. The molecule has 0 spiro atoms. The van der Waals surface area contributed by atoms with Crippen molar-refractivity contribution in [3.05, 3.63) is 18.0 Å². The smallest absolute Gasteiger partial charge is 0.223 e. The summed E-state index contributed by atoms with van der Waals surface area (Å²) in [7, 11) is 0. The van der Waals surface area contributed by atoms with E-state index in [1.165, 1.54) is 0 Å². The van der Waals surface area contributed by atoms with E-state index >= 15 is 0 Å². The Hall–Kier alpha value is -1.32. The molecule has 1 aromatic heterocycles. The Morgan fingerprint density at radius 1 is 1.44 bits per heavy atom. The van der Waals surface area contributed by atoms with Crippen LogP contribution in [0.3, 0.4) is 0 Å². The third-order valence-corrected chi connectivity index (χ3v) is 2.83. The van der Waals surface area contributed by atoms with Gasteiger partial charge in [-0.1, -0.05) is 13.8 Å². The Kier molecular flexibility index (Phi) is 5.02. The van der Waals surface area contributed by atoms with Crippen molar-refractivity contribution in [2.24, 2.45) is 5.92 Å². The zero-order valence-corrected chi connectivity index (χ0v) is 10.4. The highest BCUT2D eigenvalue weighted by molar-refractivity contribution is 5.78. The van der Waals surface area contributed by atoms with Crippen LogP contribution >= 0.6 is 0 Å². The lowest BCUT2D eigenvalue weighted by Gasteiger charge is -2.11. The molecule has 0 saturated carbocycles. The van der Waals surface area contributed by atoms with Crippen molar-refractivity contribution in [2.75, 3.05) is 0 Å². The van der Waals surface area contributed by atoms with Crippen LogP contribution in [0.2, 0.25) is 0 Å². The van der Waals surface area contributed by atoms with E-state index in [2.05, 4.69) is 10.4 Å². The summed E-state index contributed by atoms with van der Waals surface area (Å²) in [6.45, 7) is 7.57. The minimum Gasteiger partial charge on any atom is -0.352 e. The number of carbonyl (C=O) groups is 1. The molecule has 0 aromatic carbocycles. The van der Waals surface area contributed by atoms with Gasteiger partial charge >= 0.3 is 0 Å². The van der Waals surface area contributed by atoms with Gasteiger partial charge in [0.15, 0.2) is 0 Å². The van der Waals surface area contributed by atoms with Gasteiger partial charge in [-0.25, -0.2) is 0 Å². The summed E-state index contributed by atoms with van der Waals surface area (Å²) in [6.07, 6.45) is 5.57. The number of rotatable bonds is 6. The van der Waals surface area contributed by atoms with Crippen molar-refractivity contribution in [1.82, 2.24) is 15.1 Å². The minimum absolute atomic E-state index is 0.140. The maximum absolute atomic E-state index is 11.7. The molecule has 1 N–H and O–H groups in total. The topological polar surface area (TPSA) is 46.9 Å². The second-order valence-corrected chi connectivity index (χ2v) is 3.94. The molecule has 1 rings (SSSR count). The molecule has 4 heteroatoms. The molecule has 0 aliphatic carbocycles. The van der Waals surface area contributed by atoms with Crippen LogP contribution in [0.15, 0.2) is 12.4 Å². The lowest BCUT2D eigenvalue weighted by atomic mass is 10.0. The number of hydrogen-bond donors (Lipinski definition) is 1. The van der Waals surface area contributed by atoms with Gasteiger partial charge in [-0.05, 0) is 19.8 Å². The normalized spacial score (nSPS) is 10.8. The predicted octanol–water partition coefficient (Wildman–Crippen LogP) is 1.96. The molecular weight excluding hydrogens is 202 g/mol. The van der Waals surface area contributed by atoms with Crippen LogP contribution in [-0.4, -0.2) is 15.7 Å². The second-order valence-electron chi connectivity index (χ2n) is 3.94. The number of nitrogens with one attached hydrogen (secondary N) is 1. The van der Waals surface area contributed by atoms with Gasteiger partial charge in [0.05, 0.1) is 6.20 Å².